The van der Waals surface area contributed by atoms with Crippen LogP contribution in [0.3, 0.4) is 0 Å². The van der Waals surface area contributed by atoms with Crippen LogP contribution in [0.5, 0.6) is 11.5 Å². The van der Waals surface area contributed by atoms with Crippen molar-refractivity contribution in [1.82, 2.24) is 10.2 Å². The summed E-state index contributed by atoms with van der Waals surface area (Å²) in [5.74, 6) is 0.875. The summed E-state index contributed by atoms with van der Waals surface area (Å²) in [5.41, 5.74) is 1.85. The highest BCUT2D eigenvalue weighted by Crippen LogP contribution is 2.19. The van der Waals surface area contributed by atoms with Crippen LogP contribution in [0.2, 0.25) is 0 Å². The van der Waals surface area contributed by atoms with Crippen molar-refractivity contribution < 1.29 is 19.1 Å². The maximum Gasteiger partial charge on any atom is 0.261 e. The van der Waals surface area contributed by atoms with Crippen LogP contribution in [0.25, 0.3) is 0 Å². The van der Waals surface area contributed by atoms with E-state index >= 15 is 0 Å². The van der Waals surface area contributed by atoms with Gasteiger partial charge in [0.25, 0.3) is 5.91 Å². The van der Waals surface area contributed by atoms with Gasteiger partial charge in [-0.15, -0.1) is 0 Å². The van der Waals surface area contributed by atoms with E-state index in [0.29, 0.717) is 24.5 Å². The molecule has 6 nitrogen and oxygen atoms in total. The topological polar surface area (TPSA) is 67.9 Å². The smallest absolute Gasteiger partial charge is 0.261 e. The van der Waals surface area contributed by atoms with Crippen molar-refractivity contribution in [2.45, 2.75) is 38.8 Å². The Hall–Kier alpha value is -3.07. The molecule has 0 fully saturated rings. The van der Waals surface area contributed by atoms with Gasteiger partial charge in [0.15, 0.2) is 6.61 Å². The van der Waals surface area contributed by atoms with Gasteiger partial charge < -0.3 is 19.7 Å². The highest BCUT2D eigenvalue weighted by molar-refractivity contribution is 14.1. The molecule has 1 atom stereocenters. The van der Waals surface area contributed by atoms with E-state index in [9.17, 15) is 9.59 Å². The van der Waals surface area contributed by atoms with E-state index in [0.717, 1.165) is 27.5 Å². The Labute approximate surface area is 227 Å². The second-order valence-electron chi connectivity index (χ2n) is 8.47. The number of methoxy groups -OCH3 is 1. The largest absolute Gasteiger partial charge is 0.497 e. The minimum atomic E-state index is -0.691. The number of carbonyl (C=O) groups is 2. The second-order valence-corrected chi connectivity index (χ2v) is 9.71. The number of hydrogen-bond acceptors (Lipinski definition) is 4. The molecule has 0 unspecified atom stereocenters. The van der Waals surface area contributed by atoms with Crippen molar-refractivity contribution in [2.75, 3.05) is 20.3 Å². The summed E-state index contributed by atoms with van der Waals surface area (Å²) >= 11 is 2.22. The predicted octanol–water partition coefficient (Wildman–Crippen LogP) is 5.24. The summed E-state index contributed by atoms with van der Waals surface area (Å²) in [6, 6.07) is 24.1. The number of carbonyl (C=O) groups excluding carboxylic acids is 2. The van der Waals surface area contributed by atoms with E-state index in [-0.39, 0.29) is 25.0 Å². The summed E-state index contributed by atoms with van der Waals surface area (Å²) in [6.07, 6.45) is 2.25. The van der Waals surface area contributed by atoms with Gasteiger partial charge in [-0.2, -0.15) is 0 Å². The summed E-state index contributed by atoms with van der Waals surface area (Å²) in [7, 11) is 1.61. The summed E-state index contributed by atoms with van der Waals surface area (Å²) in [6.45, 7) is 2.73. The number of nitrogens with one attached hydrogen (secondary N) is 1. The van der Waals surface area contributed by atoms with E-state index in [2.05, 4.69) is 34.8 Å². The summed E-state index contributed by atoms with van der Waals surface area (Å²) in [4.78, 5) is 28.6. The zero-order valence-corrected chi connectivity index (χ0v) is 22.9. The molecular formula is C29H33IN2O4. The number of halogens is 1. The minimum absolute atomic E-state index is 0.169. The molecule has 3 aromatic rings. The Morgan fingerprint density at radius 3 is 2.36 bits per heavy atom. The van der Waals surface area contributed by atoms with Crippen LogP contribution in [0.1, 0.15) is 30.9 Å². The molecule has 0 saturated heterocycles. The van der Waals surface area contributed by atoms with Gasteiger partial charge in [0.05, 0.1) is 7.11 Å². The van der Waals surface area contributed by atoms with Gasteiger partial charge in [0.2, 0.25) is 5.91 Å². The van der Waals surface area contributed by atoms with Gasteiger partial charge in [-0.3, -0.25) is 9.59 Å². The number of nitrogens with zero attached hydrogens (tertiary/aromatic N) is 1. The molecule has 1 N–H and O–H groups in total. The molecule has 0 aliphatic heterocycles. The molecule has 0 spiro atoms. The number of unbranched alkanes of at least 4 members (excludes halogenated alkanes) is 1. The zero-order valence-electron chi connectivity index (χ0n) is 20.8. The average molecular weight is 600 g/mol. The third-order valence-electron chi connectivity index (χ3n) is 5.76. The minimum Gasteiger partial charge on any atom is -0.497 e. The lowest BCUT2D eigenvalue weighted by Crippen LogP contribution is -2.51. The highest BCUT2D eigenvalue weighted by Gasteiger charge is 2.30. The first-order chi connectivity index (χ1) is 17.5. The Morgan fingerprint density at radius 2 is 1.67 bits per heavy atom. The summed E-state index contributed by atoms with van der Waals surface area (Å²) < 4.78 is 12.3. The molecule has 7 heteroatoms. The Bertz CT molecular complexity index is 1110. The molecule has 0 saturated carbocycles. The maximum absolute atomic E-state index is 13.6. The first kappa shape index (κ1) is 27.5. The van der Waals surface area contributed by atoms with Gasteiger partial charge in [0.1, 0.15) is 17.5 Å². The average Bonchev–Trinajstić information content (AvgIpc) is 2.91. The molecule has 3 aromatic carbocycles. The lowest BCUT2D eigenvalue weighted by atomic mass is 10.0. The van der Waals surface area contributed by atoms with Gasteiger partial charge in [-0.1, -0.05) is 55.8 Å². The van der Waals surface area contributed by atoms with E-state index in [1.807, 2.05) is 78.9 Å². The molecule has 0 aliphatic carbocycles. The van der Waals surface area contributed by atoms with Crippen LogP contribution in [-0.2, 0) is 22.6 Å². The normalized spacial score (nSPS) is 11.4. The number of benzene rings is 3. The van der Waals surface area contributed by atoms with Crippen LogP contribution in [-0.4, -0.2) is 43.0 Å². The molecule has 2 amide bonds. The van der Waals surface area contributed by atoms with Gasteiger partial charge in [-0.05, 0) is 76.5 Å². The van der Waals surface area contributed by atoms with Crippen LogP contribution in [0, 0.1) is 3.57 Å². The first-order valence-corrected chi connectivity index (χ1v) is 13.2. The molecule has 0 aliphatic rings. The molecule has 0 aromatic heterocycles. The third kappa shape index (κ3) is 8.55. The zero-order chi connectivity index (χ0) is 25.8. The van der Waals surface area contributed by atoms with Crippen molar-refractivity contribution in [3.05, 3.63) is 93.6 Å². The maximum atomic E-state index is 13.6. The van der Waals surface area contributed by atoms with Crippen molar-refractivity contribution in [3.63, 3.8) is 0 Å². The molecule has 190 valence electrons. The molecule has 3 rings (SSSR count). The Morgan fingerprint density at radius 1 is 0.944 bits per heavy atom. The lowest BCUT2D eigenvalue weighted by Gasteiger charge is -2.31. The fourth-order valence-corrected chi connectivity index (χ4v) is 4.15. The van der Waals surface area contributed by atoms with Crippen molar-refractivity contribution in [1.29, 1.82) is 0 Å². The van der Waals surface area contributed by atoms with E-state index in [1.54, 1.807) is 12.0 Å². The lowest BCUT2D eigenvalue weighted by molar-refractivity contribution is -0.142. The molecule has 0 heterocycles. The first-order valence-electron chi connectivity index (χ1n) is 12.1. The van der Waals surface area contributed by atoms with Crippen molar-refractivity contribution in [3.8, 4) is 11.5 Å². The standard InChI is InChI=1S/C29H33IN2O4/c1-3-4-17-31-29(34)27(19-22-9-6-5-7-10-22)32(20-23-11-8-12-26(18-23)35-2)28(33)21-36-25-15-13-24(30)14-16-25/h5-16,18,27H,3-4,17,19-21H2,1-2H3,(H,31,34)/t27-/m0/s1. The number of rotatable bonds is 13. The van der Waals surface area contributed by atoms with Gasteiger partial charge in [-0.25, -0.2) is 0 Å². The monoisotopic (exact) mass is 600 g/mol. The number of amides is 2. The number of hydrogen-bond donors (Lipinski definition) is 1. The van der Waals surface area contributed by atoms with Crippen LogP contribution < -0.4 is 14.8 Å². The van der Waals surface area contributed by atoms with Crippen LogP contribution in [0.4, 0.5) is 0 Å². The van der Waals surface area contributed by atoms with E-state index < -0.39 is 6.04 Å². The van der Waals surface area contributed by atoms with Crippen molar-refractivity contribution in [2.24, 2.45) is 0 Å². The quantitative estimate of drug-likeness (QED) is 0.216. The SMILES string of the molecule is CCCCNC(=O)[C@H](Cc1ccccc1)N(Cc1cccc(OC)c1)C(=O)COc1ccc(I)cc1. The summed E-state index contributed by atoms with van der Waals surface area (Å²) in [5, 5.41) is 3.03. The predicted molar refractivity (Wildman–Crippen MR) is 150 cm³/mol. The van der Waals surface area contributed by atoms with Crippen LogP contribution in [0.15, 0.2) is 78.9 Å². The molecule has 36 heavy (non-hydrogen) atoms. The van der Waals surface area contributed by atoms with Gasteiger partial charge >= 0.3 is 0 Å². The molecule has 0 radical (unpaired) electrons. The van der Waals surface area contributed by atoms with Crippen LogP contribution >= 0.6 is 22.6 Å². The van der Waals surface area contributed by atoms with E-state index in [4.69, 9.17) is 9.47 Å². The second kappa shape index (κ2) is 14.5. The van der Waals surface area contributed by atoms with Gasteiger partial charge in [0, 0.05) is 23.1 Å². The molecular weight excluding hydrogens is 567 g/mol. The Kier molecular flexibility index (Phi) is 11.1. The third-order valence-corrected chi connectivity index (χ3v) is 6.48. The molecule has 0 bridgehead atoms. The van der Waals surface area contributed by atoms with Crippen molar-refractivity contribution >= 4 is 34.4 Å². The fraction of sp³-hybridized carbons (Fsp3) is 0.310. The fourth-order valence-electron chi connectivity index (χ4n) is 3.79. The number of ether oxygens (including phenoxy) is 2. The highest BCUT2D eigenvalue weighted by atomic mass is 127. The van der Waals surface area contributed by atoms with E-state index in [1.165, 1.54) is 0 Å². The Balaban J connectivity index is 1.89.